The van der Waals surface area contributed by atoms with E-state index in [9.17, 15) is 9.59 Å². The second-order valence-electron chi connectivity index (χ2n) is 6.36. The minimum absolute atomic E-state index is 0.187. The molecule has 0 aromatic carbocycles. The Kier molecular flexibility index (Phi) is 4.23. The maximum atomic E-state index is 12.5. The van der Waals surface area contributed by atoms with Gasteiger partial charge in [0.25, 0.3) is 5.91 Å². The number of carbonyl (C=O) groups is 1. The summed E-state index contributed by atoms with van der Waals surface area (Å²) in [5, 5.41) is 0. The van der Waals surface area contributed by atoms with E-state index in [0.29, 0.717) is 25.4 Å². The van der Waals surface area contributed by atoms with Crippen molar-refractivity contribution >= 4 is 5.91 Å². The van der Waals surface area contributed by atoms with Crippen LogP contribution >= 0.6 is 0 Å². The lowest BCUT2D eigenvalue weighted by atomic mass is 9.95. The molecule has 0 unspecified atom stereocenters. The molecule has 0 atom stereocenters. The normalized spacial score (nSPS) is 14.8. The number of rotatable bonds is 4. The lowest BCUT2D eigenvalue weighted by Crippen LogP contribution is -2.49. The summed E-state index contributed by atoms with van der Waals surface area (Å²) in [6, 6.07) is 7.49. The van der Waals surface area contributed by atoms with Gasteiger partial charge in [-0.2, -0.15) is 4.98 Å². The fourth-order valence-electron chi connectivity index (χ4n) is 2.78. The summed E-state index contributed by atoms with van der Waals surface area (Å²) < 4.78 is 0. The van der Waals surface area contributed by atoms with Crippen LogP contribution in [-0.4, -0.2) is 38.8 Å². The van der Waals surface area contributed by atoms with E-state index in [0.717, 1.165) is 11.4 Å². The molecule has 0 radical (unpaired) electrons. The van der Waals surface area contributed by atoms with Crippen LogP contribution in [0.5, 0.6) is 0 Å². The summed E-state index contributed by atoms with van der Waals surface area (Å²) in [5.74, 6) is 0.471. The minimum atomic E-state index is -0.465. The van der Waals surface area contributed by atoms with Gasteiger partial charge in [0.05, 0.1) is 0 Å². The van der Waals surface area contributed by atoms with Gasteiger partial charge in [-0.25, -0.2) is 4.79 Å². The number of H-pyrrole nitrogens is 1. The highest BCUT2D eigenvalue weighted by molar-refractivity contribution is 5.93. The maximum absolute atomic E-state index is 12.5. The third-order valence-electron chi connectivity index (χ3n) is 3.92. The minimum Gasteiger partial charge on any atom is -0.336 e. The monoisotopic (exact) mass is 312 g/mol. The molecule has 1 aliphatic rings. The van der Waals surface area contributed by atoms with Gasteiger partial charge in [0, 0.05) is 36.6 Å². The SMILES string of the molecule is CC(C)Cc1cc(C(=O)N2CC(c3ccccn3)C2)nc(=O)[nH]1. The van der Waals surface area contributed by atoms with Crippen LogP contribution < -0.4 is 5.69 Å². The molecule has 2 aromatic rings. The Morgan fingerprint density at radius 3 is 2.83 bits per heavy atom. The predicted octanol–water partition coefficient (Wildman–Crippen LogP) is 1.60. The van der Waals surface area contributed by atoms with Gasteiger partial charge in [-0.1, -0.05) is 19.9 Å². The van der Waals surface area contributed by atoms with E-state index in [1.807, 2.05) is 18.2 Å². The number of amides is 1. The average Bonchev–Trinajstić information content (AvgIpc) is 2.45. The molecule has 1 N–H and O–H groups in total. The van der Waals surface area contributed by atoms with Crippen LogP contribution in [0.2, 0.25) is 0 Å². The van der Waals surface area contributed by atoms with Gasteiger partial charge in [-0.15, -0.1) is 0 Å². The van der Waals surface area contributed by atoms with Crippen molar-refractivity contribution in [2.45, 2.75) is 26.2 Å². The van der Waals surface area contributed by atoms with Gasteiger partial charge in [0.2, 0.25) is 0 Å². The van der Waals surface area contributed by atoms with Crippen LogP contribution in [-0.2, 0) is 6.42 Å². The van der Waals surface area contributed by atoms with Crippen molar-refractivity contribution in [2.24, 2.45) is 5.92 Å². The molecule has 6 nitrogen and oxygen atoms in total. The van der Waals surface area contributed by atoms with Gasteiger partial charge >= 0.3 is 5.69 Å². The highest BCUT2D eigenvalue weighted by Gasteiger charge is 2.33. The molecule has 1 amide bonds. The van der Waals surface area contributed by atoms with Gasteiger partial charge < -0.3 is 9.88 Å². The van der Waals surface area contributed by atoms with Crippen LogP contribution in [0.15, 0.2) is 35.3 Å². The van der Waals surface area contributed by atoms with Crippen molar-refractivity contribution in [3.05, 3.63) is 58.0 Å². The summed E-state index contributed by atoms with van der Waals surface area (Å²) in [4.78, 5) is 36.7. The largest absolute Gasteiger partial charge is 0.345 e. The van der Waals surface area contributed by atoms with E-state index in [1.54, 1.807) is 17.2 Å². The Hall–Kier alpha value is -2.50. The molecule has 120 valence electrons. The average molecular weight is 312 g/mol. The summed E-state index contributed by atoms with van der Waals surface area (Å²) in [6.07, 6.45) is 2.48. The molecule has 0 aliphatic carbocycles. The highest BCUT2D eigenvalue weighted by atomic mass is 16.2. The Bertz CT molecular complexity index is 749. The summed E-state index contributed by atoms with van der Waals surface area (Å²) in [5.41, 5.74) is 1.51. The zero-order valence-corrected chi connectivity index (χ0v) is 13.3. The molecular formula is C17H20N4O2. The van der Waals surface area contributed by atoms with E-state index >= 15 is 0 Å². The Labute approximate surface area is 134 Å². The predicted molar refractivity (Wildman–Crippen MR) is 86.3 cm³/mol. The first kappa shape index (κ1) is 15.4. The lowest BCUT2D eigenvalue weighted by Gasteiger charge is -2.38. The summed E-state index contributed by atoms with van der Waals surface area (Å²) >= 11 is 0. The molecule has 23 heavy (non-hydrogen) atoms. The van der Waals surface area contributed by atoms with E-state index < -0.39 is 5.69 Å². The maximum Gasteiger partial charge on any atom is 0.345 e. The number of likely N-dealkylation sites (tertiary alicyclic amines) is 1. The fourth-order valence-corrected chi connectivity index (χ4v) is 2.78. The number of nitrogens with one attached hydrogen (secondary N) is 1. The second-order valence-corrected chi connectivity index (χ2v) is 6.36. The zero-order valence-electron chi connectivity index (χ0n) is 13.3. The topological polar surface area (TPSA) is 79.0 Å². The highest BCUT2D eigenvalue weighted by Crippen LogP contribution is 2.26. The summed E-state index contributed by atoms with van der Waals surface area (Å²) in [6.45, 7) is 5.36. The van der Waals surface area contributed by atoms with E-state index in [1.165, 1.54) is 0 Å². The number of hydrogen-bond acceptors (Lipinski definition) is 4. The van der Waals surface area contributed by atoms with Crippen molar-refractivity contribution < 1.29 is 4.79 Å². The number of aromatic nitrogens is 3. The molecule has 6 heteroatoms. The molecule has 0 saturated carbocycles. The Morgan fingerprint density at radius 2 is 2.17 bits per heavy atom. The molecule has 0 spiro atoms. The molecule has 0 bridgehead atoms. The third-order valence-corrected chi connectivity index (χ3v) is 3.92. The van der Waals surface area contributed by atoms with E-state index in [2.05, 4.69) is 28.8 Å². The van der Waals surface area contributed by atoms with Crippen LogP contribution in [0.4, 0.5) is 0 Å². The Morgan fingerprint density at radius 1 is 1.39 bits per heavy atom. The van der Waals surface area contributed by atoms with Crippen molar-refractivity contribution in [1.29, 1.82) is 0 Å². The van der Waals surface area contributed by atoms with Crippen molar-refractivity contribution in [3.8, 4) is 0 Å². The van der Waals surface area contributed by atoms with Gasteiger partial charge in [-0.05, 0) is 30.5 Å². The number of nitrogens with zero attached hydrogens (tertiary/aromatic N) is 3. The second kappa shape index (κ2) is 6.32. The standard InChI is InChI=1S/C17H20N4O2/c1-11(2)7-13-8-15(20-17(23)19-13)16(22)21-9-12(10-21)14-5-3-4-6-18-14/h3-6,8,11-12H,7,9-10H2,1-2H3,(H,19,20,23). The van der Waals surface area contributed by atoms with Crippen LogP contribution in [0.3, 0.4) is 0 Å². The fraction of sp³-hybridized carbons (Fsp3) is 0.412. The van der Waals surface area contributed by atoms with E-state index in [4.69, 9.17) is 0 Å². The van der Waals surface area contributed by atoms with Gasteiger partial charge in [0.1, 0.15) is 5.69 Å². The number of pyridine rings is 1. The smallest absolute Gasteiger partial charge is 0.336 e. The van der Waals surface area contributed by atoms with Gasteiger partial charge in [-0.3, -0.25) is 9.78 Å². The van der Waals surface area contributed by atoms with Crippen LogP contribution in [0.1, 0.15) is 41.6 Å². The molecular weight excluding hydrogens is 292 g/mol. The first-order valence-electron chi connectivity index (χ1n) is 7.83. The van der Waals surface area contributed by atoms with Crippen molar-refractivity contribution in [1.82, 2.24) is 19.9 Å². The molecule has 3 heterocycles. The number of carbonyl (C=O) groups excluding carboxylic acids is 1. The first-order chi connectivity index (χ1) is 11.0. The lowest BCUT2D eigenvalue weighted by molar-refractivity contribution is 0.0591. The zero-order chi connectivity index (χ0) is 16.4. The third kappa shape index (κ3) is 3.47. The summed E-state index contributed by atoms with van der Waals surface area (Å²) in [7, 11) is 0. The molecule has 1 aliphatic heterocycles. The number of hydrogen-bond donors (Lipinski definition) is 1. The Balaban J connectivity index is 1.70. The number of aromatic amines is 1. The molecule has 2 aromatic heterocycles. The molecule has 3 rings (SSSR count). The van der Waals surface area contributed by atoms with Gasteiger partial charge in [0.15, 0.2) is 0 Å². The molecule has 1 fully saturated rings. The van der Waals surface area contributed by atoms with Crippen molar-refractivity contribution in [3.63, 3.8) is 0 Å². The molecule has 1 saturated heterocycles. The van der Waals surface area contributed by atoms with Crippen molar-refractivity contribution in [2.75, 3.05) is 13.1 Å². The van der Waals surface area contributed by atoms with E-state index in [-0.39, 0.29) is 17.5 Å². The quantitative estimate of drug-likeness (QED) is 0.930. The first-order valence-corrected chi connectivity index (χ1v) is 7.83. The van der Waals surface area contributed by atoms with Crippen LogP contribution in [0, 0.1) is 5.92 Å². The van der Waals surface area contributed by atoms with Crippen LogP contribution in [0.25, 0.3) is 0 Å².